The smallest absolute Gasteiger partial charge is 0.248 e. The molecule has 7 heteroatoms. The molecule has 2 heterocycles. The molecular formula is C27H27N5O2. The number of hydrogen-bond donors (Lipinski definition) is 3. The zero-order valence-corrected chi connectivity index (χ0v) is 19.3. The zero-order chi connectivity index (χ0) is 23.7. The average Bonchev–Trinajstić information content (AvgIpc) is 3.42. The average molecular weight is 454 g/mol. The summed E-state index contributed by atoms with van der Waals surface area (Å²) in [6.07, 6.45) is 6.16. The van der Waals surface area contributed by atoms with Gasteiger partial charge in [-0.1, -0.05) is 24.3 Å². The number of benzene rings is 2. The molecule has 0 unspecified atom stereocenters. The number of phenols is 1. The first-order valence-corrected chi connectivity index (χ1v) is 11.5. The van der Waals surface area contributed by atoms with Gasteiger partial charge < -0.3 is 15.7 Å². The summed E-state index contributed by atoms with van der Waals surface area (Å²) < 4.78 is 2.04. The Bertz CT molecular complexity index is 1420. The van der Waals surface area contributed by atoms with Gasteiger partial charge in [0.2, 0.25) is 11.9 Å². The highest BCUT2D eigenvalue weighted by Crippen LogP contribution is 2.32. The first-order chi connectivity index (χ1) is 16.5. The van der Waals surface area contributed by atoms with Crippen molar-refractivity contribution >= 4 is 28.3 Å². The van der Waals surface area contributed by atoms with Gasteiger partial charge in [-0.05, 0) is 75.1 Å². The second-order valence-corrected chi connectivity index (χ2v) is 8.52. The number of fused-ring (bicyclic) bond motifs is 2. The van der Waals surface area contributed by atoms with Crippen molar-refractivity contribution < 1.29 is 9.90 Å². The number of nitrogens with zero attached hydrogens (tertiary/aromatic N) is 3. The van der Waals surface area contributed by atoms with Gasteiger partial charge in [-0.2, -0.15) is 4.98 Å². The Balaban J connectivity index is 1.55. The largest absolute Gasteiger partial charge is 0.508 e. The van der Waals surface area contributed by atoms with Crippen LogP contribution < -0.4 is 10.6 Å². The number of carbonyl (C=O) groups is 1. The number of phenolic OH excluding ortho intramolecular Hbond substituents is 1. The van der Waals surface area contributed by atoms with E-state index in [1.165, 1.54) is 6.08 Å². The zero-order valence-electron chi connectivity index (χ0n) is 19.3. The molecule has 2 aromatic carbocycles. The highest BCUT2D eigenvalue weighted by Gasteiger charge is 2.22. The standard InChI is InChI=1S/C27H27N5O2/c1-3-7-25(34)29-23-12-6-13-24-21(23)14-17(2)32(24)27-30-22-11-5-10-20(22)26(31-27)28-16-18-8-4-9-19(33)15-18/h3-4,6-9,12-15,33H,5,10-11,16H2,1-2H3,(H,29,34)(H,28,30,31)/b7-3+. The van der Waals surface area contributed by atoms with Gasteiger partial charge in [0, 0.05) is 23.2 Å². The maximum Gasteiger partial charge on any atom is 0.248 e. The molecule has 1 amide bonds. The van der Waals surface area contributed by atoms with E-state index in [-0.39, 0.29) is 11.7 Å². The van der Waals surface area contributed by atoms with E-state index in [1.807, 2.05) is 48.7 Å². The highest BCUT2D eigenvalue weighted by atomic mass is 16.3. The molecule has 7 nitrogen and oxygen atoms in total. The number of amides is 1. The van der Waals surface area contributed by atoms with Crippen molar-refractivity contribution in [1.29, 1.82) is 0 Å². The van der Waals surface area contributed by atoms with Crippen LogP contribution in [0.5, 0.6) is 5.75 Å². The fourth-order valence-corrected chi connectivity index (χ4v) is 4.58. The Labute approximate surface area is 198 Å². The topological polar surface area (TPSA) is 92.1 Å². The predicted octanol–water partition coefficient (Wildman–Crippen LogP) is 5.05. The number of aryl methyl sites for hydroxylation is 2. The number of aromatic hydroxyl groups is 1. The van der Waals surface area contributed by atoms with Crippen LogP contribution in [0.4, 0.5) is 11.5 Å². The van der Waals surface area contributed by atoms with E-state index in [2.05, 4.69) is 16.7 Å². The third kappa shape index (κ3) is 4.12. The van der Waals surface area contributed by atoms with Crippen molar-refractivity contribution in [3.05, 3.63) is 83.2 Å². The minimum atomic E-state index is -0.160. The SMILES string of the molecule is C/C=C/C(=O)Nc1cccc2c1cc(C)n2-c1nc2c(c(NCc3cccc(O)c3)n1)CCC2. The second kappa shape index (κ2) is 9.02. The second-order valence-electron chi connectivity index (χ2n) is 8.52. The molecule has 0 saturated heterocycles. The predicted molar refractivity (Wildman–Crippen MR) is 135 cm³/mol. The number of allylic oxidation sites excluding steroid dienone is 1. The Morgan fingerprint density at radius 3 is 2.82 bits per heavy atom. The van der Waals surface area contributed by atoms with Crippen LogP contribution >= 0.6 is 0 Å². The molecule has 0 bridgehead atoms. The van der Waals surface area contributed by atoms with Gasteiger partial charge >= 0.3 is 0 Å². The van der Waals surface area contributed by atoms with Crippen LogP contribution in [-0.2, 0) is 24.2 Å². The molecule has 0 aliphatic heterocycles. The molecule has 172 valence electrons. The van der Waals surface area contributed by atoms with Gasteiger partial charge in [0.25, 0.3) is 0 Å². The molecule has 0 radical (unpaired) electrons. The monoisotopic (exact) mass is 453 g/mol. The van der Waals surface area contributed by atoms with Crippen LogP contribution in [0.3, 0.4) is 0 Å². The van der Waals surface area contributed by atoms with E-state index in [0.29, 0.717) is 12.5 Å². The first-order valence-electron chi connectivity index (χ1n) is 11.5. The Hall–Kier alpha value is -4.13. The number of carbonyl (C=O) groups excluding carboxylic acids is 1. The van der Waals surface area contributed by atoms with Crippen molar-refractivity contribution in [2.45, 2.75) is 39.7 Å². The molecule has 1 aliphatic carbocycles. The fourth-order valence-electron chi connectivity index (χ4n) is 4.58. The number of hydrogen-bond acceptors (Lipinski definition) is 5. The molecule has 0 saturated carbocycles. The molecule has 34 heavy (non-hydrogen) atoms. The number of anilines is 2. The van der Waals surface area contributed by atoms with E-state index >= 15 is 0 Å². The maximum absolute atomic E-state index is 12.1. The Morgan fingerprint density at radius 1 is 1.15 bits per heavy atom. The lowest BCUT2D eigenvalue weighted by Crippen LogP contribution is -2.11. The van der Waals surface area contributed by atoms with Crippen LogP contribution in [0.2, 0.25) is 0 Å². The van der Waals surface area contributed by atoms with Crippen LogP contribution in [0.25, 0.3) is 16.9 Å². The van der Waals surface area contributed by atoms with Crippen molar-refractivity contribution in [3.8, 4) is 11.7 Å². The summed E-state index contributed by atoms with van der Waals surface area (Å²) in [7, 11) is 0. The molecule has 3 N–H and O–H groups in total. The van der Waals surface area contributed by atoms with Gasteiger partial charge in [-0.15, -0.1) is 0 Å². The van der Waals surface area contributed by atoms with Crippen LogP contribution in [0, 0.1) is 6.92 Å². The van der Waals surface area contributed by atoms with Gasteiger partial charge in [0.15, 0.2) is 0 Å². The Morgan fingerprint density at radius 2 is 2.00 bits per heavy atom. The molecule has 1 aliphatic rings. The molecule has 0 atom stereocenters. The van der Waals surface area contributed by atoms with Crippen LogP contribution in [0.1, 0.15) is 35.9 Å². The molecule has 0 fully saturated rings. The third-order valence-electron chi connectivity index (χ3n) is 6.10. The molecule has 0 spiro atoms. The summed E-state index contributed by atoms with van der Waals surface area (Å²) in [4.78, 5) is 22.0. The van der Waals surface area contributed by atoms with Crippen molar-refractivity contribution in [3.63, 3.8) is 0 Å². The van der Waals surface area contributed by atoms with Gasteiger partial charge in [-0.25, -0.2) is 4.98 Å². The molecular weight excluding hydrogens is 426 g/mol. The summed E-state index contributed by atoms with van der Waals surface area (Å²) in [5.74, 6) is 1.54. The van der Waals surface area contributed by atoms with E-state index in [9.17, 15) is 9.90 Å². The van der Waals surface area contributed by atoms with E-state index in [1.54, 1.807) is 18.2 Å². The molecule has 2 aromatic heterocycles. The number of rotatable bonds is 6. The van der Waals surface area contributed by atoms with E-state index < -0.39 is 0 Å². The fraction of sp³-hybridized carbons (Fsp3) is 0.222. The molecule has 5 rings (SSSR count). The Kier molecular flexibility index (Phi) is 5.76. The lowest BCUT2D eigenvalue weighted by atomic mass is 10.2. The summed E-state index contributed by atoms with van der Waals surface area (Å²) in [6.45, 7) is 4.40. The highest BCUT2D eigenvalue weighted by molar-refractivity contribution is 6.06. The van der Waals surface area contributed by atoms with E-state index in [4.69, 9.17) is 9.97 Å². The lowest BCUT2D eigenvalue weighted by Gasteiger charge is -2.14. The first kappa shape index (κ1) is 21.7. The summed E-state index contributed by atoms with van der Waals surface area (Å²) in [6, 6.07) is 15.1. The van der Waals surface area contributed by atoms with E-state index in [0.717, 1.165) is 64.2 Å². The summed E-state index contributed by atoms with van der Waals surface area (Å²) in [5.41, 5.74) is 5.90. The maximum atomic E-state index is 12.1. The number of aromatic nitrogens is 3. The third-order valence-corrected chi connectivity index (χ3v) is 6.10. The number of nitrogens with one attached hydrogen (secondary N) is 2. The van der Waals surface area contributed by atoms with Gasteiger partial charge in [0.1, 0.15) is 11.6 Å². The van der Waals surface area contributed by atoms with Gasteiger partial charge in [0.05, 0.1) is 16.9 Å². The lowest BCUT2D eigenvalue weighted by molar-refractivity contribution is -0.111. The minimum Gasteiger partial charge on any atom is -0.508 e. The quantitative estimate of drug-likeness (QED) is 0.355. The van der Waals surface area contributed by atoms with Crippen LogP contribution in [-0.4, -0.2) is 25.5 Å². The molecule has 4 aromatic rings. The van der Waals surface area contributed by atoms with Crippen molar-refractivity contribution in [2.75, 3.05) is 10.6 Å². The normalized spacial score (nSPS) is 12.9. The summed E-state index contributed by atoms with van der Waals surface area (Å²) in [5, 5.41) is 17.2. The summed E-state index contributed by atoms with van der Waals surface area (Å²) >= 11 is 0. The minimum absolute atomic E-state index is 0.160. The van der Waals surface area contributed by atoms with Crippen molar-refractivity contribution in [1.82, 2.24) is 14.5 Å². The van der Waals surface area contributed by atoms with Gasteiger partial charge in [-0.3, -0.25) is 9.36 Å². The van der Waals surface area contributed by atoms with Crippen molar-refractivity contribution in [2.24, 2.45) is 0 Å². The van der Waals surface area contributed by atoms with Crippen LogP contribution in [0.15, 0.2) is 60.7 Å².